The first-order valence-corrected chi connectivity index (χ1v) is 17.8. The fraction of sp³-hybridized carbons (Fsp3) is 0.0851. The predicted octanol–water partition coefficient (Wildman–Crippen LogP) is 14.4. The van der Waals surface area contributed by atoms with Gasteiger partial charge in [0.25, 0.3) is 0 Å². The average Bonchev–Trinajstić information content (AvgIpc) is 3.68. The number of aryl methyl sites for hydroxylation is 2. The average molecular weight is 750 g/mol. The van der Waals surface area contributed by atoms with E-state index in [2.05, 4.69) is 10.9 Å². The summed E-state index contributed by atoms with van der Waals surface area (Å²) in [5, 5.41) is 2.79. The lowest BCUT2D eigenvalue weighted by molar-refractivity contribution is -0.138. The molecular weight excluding hydrogens is 721 g/mol. The van der Waals surface area contributed by atoms with E-state index in [1.54, 1.807) is 67.6 Å². The van der Waals surface area contributed by atoms with Crippen molar-refractivity contribution in [3.05, 3.63) is 173 Å². The first kappa shape index (κ1) is 34.9. The quantitative estimate of drug-likeness (QED) is 0.126. The lowest BCUT2D eigenvalue weighted by Crippen LogP contribution is -2.10. The number of fused-ring (bicyclic) bond motifs is 6. The fourth-order valence-electron chi connectivity index (χ4n) is 8.28. The third-order valence-corrected chi connectivity index (χ3v) is 10.6. The van der Waals surface area contributed by atoms with Crippen molar-refractivity contribution >= 4 is 49.3 Å². The summed E-state index contributed by atoms with van der Waals surface area (Å²) in [5.41, 5.74) is 4.48. The van der Waals surface area contributed by atoms with E-state index in [1.807, 2.05) is 58.5 Å². The standard InChI is InChI=1S/C47H29F6N3/c1-27-21-23-39-33(25-27)30-12-4-6-17-37(30)55(39)41-19-9-14-32(43-28(2)11-8-15-35(43)47(51,52)53)44(41)45-36(54-3)16-10-20-42(45)56-38-18-7-5-13-31(38)34-26-29(46(48,49)50)22-24-40(34)56/h4-26H,1-2H3. The highest BCUT2D eigenvalue weighted by molar-refractivity contribution is 6.13. The van der Waals surface area contributed by atoms with Gasteiger partial charge in [0, 0.05) is 38.4 Å². The number of hydrogen-bond donors (Lipinski definition) is 0. The van der Waals surface area contributed by atoms with Crippen LogP contribution in [-0.4, -0.2) is 9.13 Å². The van der Waals surface area contributed by atoms with E-state index in [0.717, 1.165) is 45.6 Å². The van der Waals surface area contributed by atoms with Crippen LogP contribution in [0.4, 0.5) is 32.0 Å². The number of halogens is 6. The van der Waals surface area contributed by atoms with Gasteiger partial charge < -0.3 is 9.13 Å². The SMILES string of the molecule is [C-]#[N+]c1cccc(-n2c3ccccc3c3cc(C(F)(F)F)ccc32)c1-c1c(-c2c(C)cccc2C(F)(F)F)cccc1-n1c2ccccc2c2cc(C)ccc21. The summed E-state index contributed by atoms with van der Waals surface area (Å²) in [4.78, 5) is 3.97. The van der Waals surface area contributed by atoms with Gasteiger partial charge in [0.1, 0.15) is 0 Å². The molecule has 3 nitrogen and oxygen atoms in total. The molecule has 9 aromatic rings. The molecule has 7 aromatic carbocycles. The van der Waals surface area contributed by atoms with Crippen molar-refractivity contribution in [1.82, 2.24) is 9.13 Å². The normalized spacial score (nSPS) is 12.3. The molecule has 0 saturated heterocycles. The molecule has 0 spiro atoms. The molecule has 56 heavy (non-hydrogen) atoms. The van der Waals surface area contributed by atoms with E-state index in [9.17, 15) is 13.2 Å². The zero-order valence-electron chi connectivity index (χ0n) is 29.9. The fourth-order valence-corrected chi connectivity index (χ4v) is 8.28. The molecule has 2 aromatic heterocycles. The number of nitrogens with zero attached hydrogens (tertiary/aromatic N) is 3. The number of hydrogen-bond acceptors (Lipinski definition) is 0. The minimum absolute atomic E-state index is 0.0313. The van der Waals surface area contributed by atoms with Gasteiger partial charge in [0.15, 0.2) is 5.69 Å². The Morgan fingerprint density at radius 3 is 1.66 bits per heavy atom. The third-order valence-electron chi connectivity index (χ3n) is 10.6. The van der Waals surface area contributed by atoms with Crippen molar-refractivity contribution in [2.75, 3.05) is 0 Å². The molecule has 0 N–H and O–H groups in total. The monoisotopic (exact) mass is 749 g/mol. The zero-order chi connectivity index (χ0) is 39.1. The van der Waals surface area contributed by atoms with Crippen molar-refractivity contribution in [3.8, 4) is 33.6 Å². The number of alkyl halides is 6. The number of rotatable bonds is 4. The van der Waals surface area contributed by atoms with Crippen LogP contribution >= 0.6 is 0 Å². The third kappa shape index (κ3) is 5.35. The van der Waals surface area contributed by atoms with Crippen molar-refractivity contribution < 1.29 is 26.3 Å². The lowest BCUT2D eigenvalue weighted by atomic mass is 9.86. The van der Waals surface area contributed by atoms with E-state index in [-0.39, 0.29) is 16.8 Å². The maximum Gasteiger partial charge on any atom is 0.417 e. The van der Waals surface area contributed by atoms with Crippen molar-refractivity contribution in [3.63, 3.8) is 0 Å². The molecule has 2 heterocycles. The lowest BCUT2D eigenvalue weighted by Gasteiger charge is -2.25. The van der Waals surface area contributed by atoms with Crippen molar-refractivity contribution in [2.24, 2.45) is 0 Å². The molecule has 9 rings (SSSR count). The van der Waals surface area contributed by atoms with E-state index in [4.69, 9.17) is 6.57 Å². The van der Waals surface area contributed by atoms with Gasteiger partial charge in [0.05, 0.1) is 45.5 Å². The number of aromatic nitrogens is 2. The molecule has 0 radical (unpaired) electrons. The zero-order valence-corrected chi connectivity index (χ0v) is 29.9. The Labute approximate surface area is 317 Å². The molecule has 274 valence electrons. The van der Waals surface area contributed by atoms with E-state index >= 15 is 13.2 Å². The van der Waals surface area contributed by atoms with E-state index in [0.29, 0.717) is 49.9 Å². The number of benzene rings is 7. The molecule has 0 unspecified atom stereocenters. The number of para-hydroxylation sites is 2. The smallest absolute Gasteiger partial charge is 0.310 e. The van der Waals surface area contributed by atoms with Gasteiger partial charge in [-0.25, -0.2) is 4.85 Å². The molecule has 9 heteroatoms. The molecule has 0 saturated carbocycles. The first-order valence-electron chi connectivity index (χ1n) is 17.8. The molecule has 0 aliphatic carbocycles. The van der Waals surface area contributed by atoms with Gasteiger partial charge >= 0.3 is 12.4 Å². The first-order chi connectivity index (χ1) is 26.9. The van der Waals surface area contributed by atoms with E-state index < -0.39 is 23.5 Å². The largest absolute Gasteiger partial charge is 0.417 e. The highest BCUT2D eigenvalue weighted by Gasteiger charge is 2.36. The summed E-state index contributed by atoms with van der Waals surface area (Å²) in [6, 6.07) is 38.9. The summed E-state index contributed by atoms with van der Waals surface area (Å²) in [6.07, 6.45) is -9.31. The summed E-state index contributed by atoms with van der Waals surface area (Å²) < 4.78 is 91.3. The molecule has 0 bridgehead atoms. The maximum atomic E-state index is 15.1. The Morgan fingerprint density at radius 1 is 0.482 bits per heavy atom. The highest BCUT2D eigenvalue weighted by atomic mass is 19.4. The Balaban J connectivity index is 1.50. The Bertz CT molecular complexity index is 3100. The van der Waals surface area contributed by atoms with Crippen LogP contribution in [0, 0.1) is 20.4 Å². The second kappa shape index (κ2) is 12.6. The minimum atomic E-state index is -4.72. The van der Waals surface area contributed by atoms with Crippen LogP contribution in [0.15, 0.2) is 140 Å². The summed E-state index contributed by atoms with van der Waals surface area (Å²) >= 11 is 0. The topological polar surface area (TPSA) is 14.2 Å². The van der Waals surface area contributed by atoms with Crippen LogP contribution in [0.25, 0.3) is 82.1 Å². The van der Waals surface area contributed by atoms with Crippen LogP contribution in [0.1, 0.15) is 22.3 Å². The molecule has 0 atom stereocenters. The second-order valence-corrected chi connectivity index (χ2v) is 13.9. The van der Waals surface area contributed by atoms with Crippen LogP contribution < -0.4 is 0 Å². The molecule has 0 aliphatic heterocycles. The molecule has 0 fully saturated rings. The predicted molar refractivity (Wildman–Crippen MR) is 212 cm³/mol. The Hall–Kier alpha value is -6.79. The van der Waals surface area contributed by atoms with Gasteiger partial charge in [-0.1, -0.05) is 84.4 Å². The van der Waals surface area contributed by atoms with Crippen LogP contribution in [0.3, 0.4) is 0 Å². The van der Waals surface area contributed by atoms with Crippen molar-refractivity contribution in [2.45, 2.75) is 26.2 Å². The minimum Gasteiger partial charge on any atom is -0.310 e. The Kier molecular flexibility index (Phi) is 7.89. The molecule has 0 aliphatic rings. The van der Waals surface area contributed by atoms with Gasteiger partial charge in [-0.15, -0.1) is 0 Å². The summed E-state index contributed by atoms with van der Waals surface area (Å²) in [7, 11) is 0. The second-order valence-electron chi connectivity index (χ2n) is 13.9. The summed E-state index contributed by atoms with van der Waals surface area (Å²) in [6.45, 7) is 12.1. The van der Waals surface area contributed by atoms with Gasteiger partial charge in [0.2, 0.25) is 0 Å². The maximum absolute atomic E-state index is 15.1. The van der Waals surface area contributed by atoms with Gasteiger partial charge in [-0.2, -0.15) is 26.3 Å². The van der Waals surface area contributed by atoms with Gasteiger partial charge in [-0.05, 0) is 91.2 Å². The van der Waals surface area contributed by atoms with Crippen LogP contribution in [-0.2, 0) is 12.4 Å². The molecular formula is C47H29F6N3. The highest BCUT2D eigenvalue weighted by Crippen LogP contribution is 2.51. The summed E-state index contributed by atoms with van der Waals surface area (Å²) in [5.74, 6) is 0. The van der Waals surface area contributed by atoms with Gasteiger partial charge in [-0.3, -0.25) is 0 Å². The molecule has 0 amide bonds. The van der Waals surface area contributed by atoms with Crippen LogP contribution in [0.5, 0.6) is 0 Å². The Morgan fingerprint density at radius 2 is 1.04 bits per heavy atom. The van der Waals surface area contributed by atoms with E-state index in [1.165, 1.54) is 12.1 Å². The van der Waals surface area contributed by atoms with Crippen LogP contribution in [0.2, 0.25) is 0 Å². The van der Waals surface area contributed by atoms with Crippen molar-refractivity contribution in [1.29, 1.82) is 0 Å².